The van der Waals surface area contributed by atoms with Crippen LogP contribution in [-0.4, -0.2) is 18.7 Å². The van der Waals surface area contributed by atoms with Gasteiger partial charge in [-0.2, -0.15) is 0 Å². The summed E-state index contributed by atoms with van der Waals surface area (Å²) in [5.74, 6) is 0.900. The van der Waals surface area contributed by atoms with Gasteiger partial charge in [-0.1, -0.05) is 0 Å². The van der Waals surface area contributed by atoms with Crippen molar-refractivity contribution in [2.75, 3.05) is 14.2 Å². The molecule has 0 saturated carbocycles. The van der Waals surface area contributed by atoms with E-state index in [2.05, 4.69) is 49.8 Å². The Hall–Kier alpha value is -1.48. The van der Waals surface area contributed by atoms with Crippen molar-refractivity contribution in [2.45, 2.75) is 26.3 Å². The van der Waals surface area contributed by atoms with E-state index in [0.29, 0.717) is 0 Å². The first-order valence-corrected chi connectivity index (χ1v) is 6.24. The molecule has 0 aliphatic heterocycles. The molecule has 0 radical (unpaired) electrons. The molecule has 0 atom stereocenters. The zero-order valence-electron chi connectivity index (χ0n) is 12.1. The van der Waals surface area contributed by atoms with Crippen LogP contribution < -0.4 is 10.1 Å². The minimum Gasteiger partial charge on any atom is -0.497 e. The highest BCUT2D eigenvalue weighted by atomic mass is 16.5. The average Bonchev–Trinajstić information content (AvgIpc) is 2.62. The van der Waals surface area contributed by atoms with Gasteiger partial charge in [0.15, 0.2) is 0 Å². The van der Waals surface area contributed by atoms with Gasteiger partial charge in [-0.3, -0.25) is 0 Å². The minimum atomic E-state index is -0.0435. The quantitative estimate of drug-likeness (QED) is 0.901. The molecule has 98 valence electrons. The Bertz CT molecular complexity index is 582. The average molecular weight is 246 g/mol. The van der Waals surface area contributed by atoms with Gasteiger partial charge in [0.25, 0.3) is 0 Å². The molecule has 1 aromatic carbocycles. The second-order valence-electron chi connectivity index (χ2n) is 5.28. The predicted octanol–water partition coefficient (Wildman–Crippen LogP) is 2.95. The number of aryl methyl sites for hydroxylation is 1. The third kappa shape index (κ3) is 1.79. The summed E-state index contributed by atoms with van der Waals surface area (Å²) in [5.41, 5.74) is 3.81. The van der Waals surface area contributed by atoms with Crippen molar-refractivity contribution in [2.24, 2.45) is 7.05 Å². The minimum absolute atomic E-state index is 0.0435. The summed E-state index contributed by atoms with van der Waals surface area (Å²) in [6, 6.07) is 6.27. The molecule has 0 saturated heterocycles. The second kappa shape index (κ2) is 4.32. The van der Waals surface area contributed by atoms with Crippen molar-refractivity contribution in [3.63, 3.8) is 0 Å². The molecule has 18 heavy (non-hydrogen) atoms. The Balaban J connectivity index is 2.79. The van der Waals surface area contributed by atoms with Crippen molar-refractivity contribution in [1.29, 1.82) is 0 Å². The van der Waals surface area contributed by atoms with E-state index in [1.807, 2.05) is 13.1 Å². The number of nitrogens with zero attached hydrogens (tertiary/aromatic N) is 1. The van der Waals surface area contributed by atoms with Gasteiger partial charge < -0.3 is 14.6 Å². The van der Waals surface area contributed by atoms with Crippen LogP contribution in [0.5, 0.6) is 5.75 Å². The molecule has 0 aliphatic rings. The molecule has 0 unspecified atom stereocenters. The normalized spacial score (nSPS) is 12.1. The van der Waals surface area contributed by atoms with Crippen LogP contribution in [0.4, 0.5) is 0 Å². The Kier molecular flexibility index (Phi) is 3.11. The zero-order chi connectivity index (χ0) is 13.5. The summed E-state index contributed by atoms with van der Waals surface area (Å²) in [6.45, 7) is 6.58. The molecule has 0 spiro atoms. The van der Waals surface area contributed by atoms with E-state index in [1.165, 1.54) is 22.2 Å². The summed E-state index contributed by atoms with van der Waals surface area (Å²) in [7, 11) is 5.81. The van der Waals surface area contributed by atoms with Gasteiger partial charge in [0.05, 0.1) is 12.6 Å². The zero-order valence-corrected chi connectivity index (χ0v) is 12.1. The highest BCUT2D eigenvalue weighted by Crippen LogP contribution is 2.34. The molecular weight excluding hydrogens is 224 g/mol. The second-order valence-corrected chi connectivity index (χ2v) is 5.28. The molecule has 1 aromatic heterocycles. The molecule has 3 heteroatoms. The number of hydrogen-bond donors (Lipinski definition) is 1. The Labute approximate surface area is 109 Å². The molecule has 0 aliphatic carbocycles. The molecule has 0 fully saturated rings. The van der Waals surface area contributed by atoms with Crippen LogP contribution in [0.1, 0.15) is 25.1 Å². The fraction of sp³-hybridized carbons (Fsp3) is 0.467. The number of hydrogen-bond acceptors (Lipinski definition) is 2. The molecule has 0 amide bonds. The third-order valence-electron chi connectivity index (χ3n) is 3.95. The third-order valence-corrected chi connectivity index (χ3v) is 3.95. The van der Waals surface area contributed by atoms with Crippen LogP contribution in [-0.2, 0) is 12.6 Å². The summed E-state index contributed by atoms with van der Waals surface area (Å²) in [5, 5.41) is 4.68. The van der Waals surface area contributed by atoms with Crippen molar-refractivity contribution >= 4 is 10.9 Å². The Morgan fingerprint density at radius 3 is 2.50 bits per heavy atom. The van der Waals surface area contributed by atoms with Gasteiger partial charge in [-0.05, 0) is 40.0 Å². The van der Waals surface area contributed by atoms with Crippen LogP contribution in [0.25, 0.3) is 10.9 Å². The van der Waals surface area contributed by atoms with Gasteiger partial charge >= 0.3 is 0 Å². The number of methoxy groups -OCH3 is 1. The summed E-state index contributed by atoms with van der Waals surface area (Å²) < 4.78 is 7.54. The van der Waals surface area contributed by atoms with Crippen molar-refractivity contribution in [3.05, 3.63) is 29.5 Å². The topological polar surface area (TPSA) is 26.2 Å². The van der Waals surface area contributed by atoms with Crippen LogP contribution in [0, 0.1) is 6.92 Å². The van der Waals surface area contributed by atoms with Gasteiger partial charge in [-0.15, -0.1) is 0 Å². The first kappa shape index (κ1) is 13.0. The fourth-order valence-electron chi connectivity index (χ4n) is 2.58. The Morgan fingerprint density at radius 2 is 1.94 bits per heavy atom. The van der Waals surface area contributed by atoms with Crippen molar-refractivity contribution in [3.8, 4) is 5.75 Å². The lowest BCUT2D eigenvalue weighted by atomic mass is 9.92. The lowest BCUT2D eigenvalue weighted by molar-refractivity contribution is 0.415. The summed E-state index contributed by atoms with van der Waals surface area (Å²) in [6.07, 6.45) is 0. The van der Waals surface area contributed by atoms with E-state index < -0.39 is 0 Å². The van der Waals surface area contributed by atoms with E-state index in [1.54, 1.807) is 7.11 Å². The summed E-state index contributed by atoms with van der Waals surface area (Å²) >= 11 is 0. The lowest BCUT2D eigenvalue weighted by Crippen LogP contribution is -2.33. The van der Waals surface area contributed by atoms with Crippen LogP contribution in [0.15, 0.2) is 18.2 Å². The van der Waals surface area contributed by atoms with Gasteiger partial charge in [0.1, 0.15) is 5.75 Å². The standard InChI is InChI=1S/C15H22N2O/c1-10-14(15(2,3)16-4)12-8-7-11(18-6)9-13(12)17(10)5/h7-9,16H,1-6H3. The number of rotatable bonds is 3. The fourth-order valence-corrected chi connectivity index (χ4v) is 2.58. The first-order chi connectivity index (χ1) is 8.42. The molecule has 0 bridgehead atoms. The highest BCUT2D eigenvalue weighted by molar-refractivity contribution is 5.87. The van der Waals surface area contributed by atoms with Crippen molar-refractivity contribution in [1.82, 2.24) is 9.88 Å². The van der Waals surface area contributed by atoms with Crippen LogP contribution in [0.3, 0.4) is 0 Å². The molecule has 1 N–H and O–H groups in total. The number of ether oxygens (including phenoxy) is 1. The molecule has 2 aromatic rings. The van der Waals surface area contributed by atoms with E-state index in [9.17, 15) is 0 Å². The van der Waals surface area contributed by atoms with Crippen LogP contribution >= 0.6 is 0 Å². The largest absolute Gasteiger partial charge is 0.497 e. The van der Waals surface area contributed by atoms with Gasteiger partial charge in [0, 0.05) is 35.3 Å². The first-order valence-electron chi connectivity index (χ1n) is 6.24. The predicted molar refractivity (Wildman–Crippen MR) is 76.3 cm³/mol. The van der Waals surface area contributed by atoms with Gasteiger partial charge in [0.2, 0.25) is 0 Å². The van der Waals surface area contributed by atoms with E-state index in [-0.39, 0.29) is 5.54 Å². The van der Waals surface area contributed by atoms with E-state index >= 15 is 0 Å². The van der Waals surface area contributed by atoms with E-state index in [4.69, 9.17) is 4.74 Å². The number of aromatic nitrogens is 1. The summed E-state index contributed by atoms with van der Waals surface area (Å²) in [4.78, 5) is 0. The Morgan fingerprint density at radius 1 is 1.28 bits per heavy atom. The molecule has 1 heterocycles. The maximum Gasteiger partial charge on any atom is 0.120 e. The van der Waals surface area contributed by atoms with E-state index in [0.717, 1.165) is 5.75 Å². The van der Waals surface area contributed by atoms with Crippen molar-refractivity contribution < 1.29 is 4.74 Å². The highest BCUT2D eigenvalue weighted by Gasteiger charge is 2.25. The number of fused-ring (bicyclic) bond motifs is 1. The molecule has 3 nitrogen and oxygen atoms in total. The monoisotopic (exact) mass is 246 g/mol. The molecule has 2 rings (SSSR count). The van der Waals surface area contributed by atoms with Gasteiger partial charge in [-0.25, -0.2) is 0 Å². The smallest absolute Gasteiger partial charge is 0.120 e. The molecular formula is C15H22N2O. The van der Waals surface area contributed by atoms with Crippen LogP contribution in [0.2, 0.25) is 0 Å². The maximum absolute atomic E-state index is 5.31. The number of nitrogens with one attached hydrogen (secondary N) is 1. The lowest BCUT2D eigenvalue weighted by Gasteiger charge is -2.25. The SMILES string of the molecule is CNC(C)(C)c1c(C)n(C)c2cc(OC)ccc12. The maximum atomic E-state index is 5.31. The number of benzene rings is 1.